The molecule has 5 heterocycles. The van der Waals surface area contributed by atoms with Crippen molar-refractivity contribution in [1.29, 1.82) is 0 Å². The average molecular weight is 667 g/mol. The monoisotopic (exact) mass is 666 g/mol. The minimum atomic E-state index is -0.383. The van der Waals surface area contributed by atoms with Crippen molar-refractivity contribution in [2.45, 2.75) is 141 Å². The van der Waals surface area contributed by atoms with Gasteiger partial charge in [0.25, 0.3) is 0 Å². The minimum Gasteiger partial charge on any atom is -0.462 e. The van der Waals surface area contributed by atoms with Gasteiger partial charge in [-0.25, -0.2) is 4.79 Å². The van der Waals surface area contributed by atoms with Crippen LogP contribution in [-0.2, 0) is 33.3 Å². The average Bonchev–Trinajstić information content (AvgIpc) is 3.87. The van der Waals surface area contributed by atoms with Gasteiger partial charge >= 0.3 is 17.9 Å². The summed E-state index contributed by atoms with van der Waals surface area (Å²) >= 11 is 0. The fourth-order valence-electron chi connectivity index (χ4n) is 12.0. The lowest BCUT2D eigenvalue weighted by molar-refractivity contribution is -0.147. The predicted octanol–water partition coefficient (Wildman–Crippen LogP) is 5.06. The fraction of sp³-hybridized carbons (Fsp3) is 0.821. The van der Waals surface area contributed by atoms with Crippen LogP contribution in [-0.4, -0.2) is 70.8 Å². The van der Waals surface area contributed by atoms with Crippen LogP contribution in [0.4, 0.5) is 0 Å². The summed E-state index contributed by atoms with van der Waals surface area (Å²) in [7, 11) is 0. The highest BCUT2D eigenvalue weighted by Crippen LogP contribution is 2.58. The quantitative estimate of drug-likeness (QED) is 0.207. The molecule has 2 bridgehead atoms. The molecule has 0 unspecified atom stereocenters. The molecular formula is C39H54O9. The van der Waals surface area contributed by atoms with Crippen LogP contribution in [0.5, 0.6) is 0 Å². The third-order valence-corrected chi connectivity index (χ3v) is 14.2. The Morgan fingerprint density at radius 3 is 2.04 bits per heavy atom. The maximum Gasteiger partial charge on any atom is 0.334 e. The molecule has 8 fully saturated rings. The Balaban J connectivity index is 0.000000105. The number of rotatable bonds is 0. The molecule has 5 aliphatic heterocycles. The Morgan fingerprint density at radius 1 is 0.625 bits per heavy atom. The number of ether oxygens (including phenoxy) is 4. The molecule has 9 heteroatoms. The van der Waals surface area contributed by atoms with E-state index in [0.29, 0.717) is 29.8 Å². The molecule has 5 saturated heterocycles. The molecule has 0 amide bonds. The van der Waals surface area contributed by atoms with Gasteiger partial charge in [-0.2, -0.15) is 0 Å². The van der Waals surface area contributed by atoms with Crippen LogP contribution in [0, 0.1) is 59.2 Å². The highest BCUT2D eigenvalue weighted by molar-refractivity contribution is 5.92. The largest absolute Gasteiger partial charge is 0.462 e. The SMILES string of the molecule is C[C@H]1OC(=O)C2=C[C@H]3CCCC[C@H]3[C@H](O)[C@@H]21.C[C@H]1OC(=O)[C@@H]2C=C3CCCC[C@H]3[C@H](O)[C@H]12.C[C@H]1OC(=O)[C@@H]2[C@@H]3O[C@@H]([C@@H]4CCCC[C@@H]43)[C@@H]21. The maximum atomic E-state index is 11.8. The van der Waals surface area contributed by atoms with Gasteiger partial charge in [-0.15, -0.1) is 0 Å². The molecule has 0 aromatic carbocycles. The van der Waals surface area contributed by atoms with Crippen LogP contribution in [0.2, 0.25) is 0 Å². The molecule has 2 N–H and O–H groups in total. The first-order valence-electron chi connectivity index (χ1n) is 19.2. The second-order valence-electron chi connectivity index (χ2n) is 16.6. The summed E-state index contributed by atoms with van der Waals surface area (Å²) in [5, 5.41) is 20.8. The molecule has 0 aromatic rings. The Morgan fingerprint density at radius 2 is 1.27 bits per heavy atom. The van der Waals surface area contributed by atoms with Gasteiger partial charge < -0.3 is 29.2 Å². The molecule has 0 radical (unpaired) electrons. The summed E-state index contributed by atoms with van der Waals surface area (Å²) in [6.07, 6.45) is 18.1. The first-order chi connectivity index (χ1) is 23.1. The number of allylic oxidation sites excluding steroid dienone is 1. The second kappa shape index (κ2) is 12.8. The first kappa shape index (κ1) is 32.9. The topological polar surface area (TPSA) is 129 Å². The molecule has 10 rings (SSSR count). The van der Waals surface area contributed by atoms with E-state index in [1.165, 1.54) is 56.9 Å². The molecule has 17 atom stereocenters. The maximum absolute atomic E-state index is 11.8. The van der Waals surface area contributed by atoms with Crippen LogP contribution in [0.1, 0.15) is 97.8 Å². The van der Waals surface area contributed by atoms with Gasteiger partial charge in [0.05, 0.1) is 42.2 Å². The number of carbonyl (C=O) groups excluding carboxylic acids is 3. The lowest BCUT2D eigenvalue weighted by atomic mass is 9.63. The van der Waals surface area contributed by atoms with Crippen LogP contribution in [0.25, 0.3) is 0 Å². The number of hydrogen-bond acceptors (Lipinski definition) is 9. The van der Waals surface area contributed by atoms with E-state index < -0.39 is 0 Å². The van der Waals surface area contributed by atoms with E-state index in [0.717, 1.165) is 37.2 Å². The minimum absolute atomic E-state index is 0.00836. The molecular weight excluding hydrogens is 612 g/mol. The molecule has 3 saturated carbocycles. The Hall–Kier alpha value is -2.23. The normalized spacial score (nSPS) is 50.6. The molecule has 48 heavy (non-hydrogen) atoms. The van der Waals surface area contributed by atoms with Crippen molar-refractivity contribution in [2.75, 3.05) is 0 Å². The van der Waals surface area contributed by atoms with Crippen molar-refractivity contribution in [3.8, 4) is 0 Å². The zero-order valence-corrected chi connectivity index (χ0v) is 28.7. The van der Waals surface area contributed by atoms with E-state index in [1.54, 1.807) is 0 Å². The summed E-state index contributed by atoms with van der Waals surface area (Å²) in [4.78, 5) is 35.1. The number of aliphatic hydroxyl groups is 2. The van der Waals surface area contributed by atoms with E-state index in [2.05, 4.69) is 12.2 Å². The molecule has 0 aromatic heterocycles. The Kier molecular flexibility index (Phi) is 8.80. The highest BCUT2D eigenvalue weighted by Gasteiger charge is 2.66. The lowest BCUT2D eigenvalue weighted by Crippen LogP contribution is -2.42. The highest BCUT2D eigenvalue weighted by atomic mass is 16.6. The number of esters is 3. The van der Waals surface area contributed by atoms with Gasteiger partial charge in [-0.05, 0) is 89.4 Å². The van der Waals surface area contributed by atoms with Crippen LogP contribution < -0.4 is 0 Å². The third kappa shape index (κ3) is 5.31. The van der Waals surface area contributed by atoms with Gasteiger partial charge in [0.2, 0.25) is 0 Å². The fourth-order valence-corrected chi connectivity index (χ4v) is 12.0. The summed E-state index contributed by atoms with van der Waals surface area (Å²) in [6.45, 7) is 5.81. The molecule has 9 nitrogen and oxygen atoms in total. The van der Waals surface area contributed by atoms with Crippen LogP contribution >= 0.6 is 0 Å². The summed E-state index contributed by atoms with van der Waals surface area (Å²) < 4.78 is 22.0. The van der Waals surface area contributed by atoms with Crippen molar-refractivity contribution in [3.63, 3.8) is 0 Å². The van der Waals surface area contributed by atoms with Crippen molar-refractivity contribution in [3.05, 3.63) is 23.3 Å². The Labute approximate surface area is 284 Å². The van der Waals surface area contributed by atoms with E-state index >= 15 is 0 Å². The van der Waals surface area contributed by atoms with Crippen LogP contribution in [0.3, 0.4) is 0 Å². The predicted molar refractivity (Wildman–Crippen MR) is 174 cm³/mol. The summed E-state index contributed by atoms with van der Waals surface area (Å²) in [6, 6.07) is 0. The number of cyclic esters (lactones) is 3. The summed E-state index contributed by atoms with van der Waals surface area (Å²) in [5.74, 6) is 2.20. The van der Waals surface area contributed by atoms with Crippen molar-refractivity contribution in [1.82, 2.24) is 0 Å². The lowest BCUT2D eigenvalue weighted by Gasteiger charge is -2.40. The van der Waals surface area contributed by atoms with Gasteiger partial charge in [0.15, 0.2) is 0 Å². The van der Waals surface area contributed by atoms with Gasteiger partial charge in [0.1, 0.15) is 18.3 Å². The molecule has 264 valence electrons. The second-order valence-corrected chi connectivity index (χ2v) is 16.6. The number of hydrogen-bond donors (Lipinski definition) is 2. The van der Waals surface area contributed by atoms with Gasteiger partial charge in [-0.3, -0.25) is 9.59 Å². The molecule has 10 aliphatic rings. The zero-order valence-electron chi connectivity index (χ0n) is 28.7. The van der Waals surface area contributed by atoms with Crippen molar-refractivity contribution >= 4 is 17.9 Å². The van der Waals surface area contributed by atoms with Crippen molar-refractivity contribution < 1.29 is 43.5 Å². The summed E-state index contributed by atoms with van der Waals surface area (Å²) in [5.41, 5.74) is 2.04. The standard InChI is InChI=1S/3C13H18O3/c1-6-9-10(13(14)15-6)12-8-5-3-2-4-7(8)11(9)16-12;2*1-7-11-10(13(15)16-7)6-8-4-2-3-5-9(8)12(11)14/h6-12H,2-5H2,1H3;6-7,9-12,14H,2-5H2,1H3;6-9,11-12,14H,2-5H2,1H3/t6-,7-,8+,9-,10+,11+,12-;7-,9-,10-,11-,12+;7-,8-,9-,11-,12+/m111/s1. The van der Waals surface area contributed by atoms with E-state index in [1.807, 2.05) is 20.8 Å². The third-order valence-electron chi connectivity index (χ3n) is 14.2. The van der Waals surface area contributed by atoms with E-state index in [-0.39, 0.29) is 84.1 Å². The van der Waals surface area contributed by atoms with Gasteiger partial charge in [-0.1, -0.05) is 49.8 Å². The first-order valence-corrected chi connectivity index (χ1v) is 19.2. The Bertz CT molecular complexity index is 1350. The number of aliphatic hydroxyl groups excluding tert-OH is 2. The molecule has 0 spiro atoms. The number of carbonyl (C=O) groups is 3. The van der Waals surface area contributed by atoms with Gasteiger partial charge in [0, 0.05) is 23.3 Å². The molecule has 5 aliphatic carbocycles. The van der Waals surface area contributed by atoms with Crippen molar-refractivity contribution in [2.24, 2.45) is 59.2 Å². The number of fused-ring (bicyclic) bond motifs is 12. The smallest absolute Gasteiger partial charge is 0.334 e. The van der Waals surface area contributed by atoms with E-state index in [4.69, 9.17) is 18.9 Å². The zero-order chi connectivity index (χ0) is 33.4. The van der Waals surface area contributed by atoms with E-state index in [9.17, 15) is 24.6 Å². The van der Waals surface area contributed by atoms with Crippen LogP contribution in [0.15, 0.2) is 23.3 Å².